The first-order valence-corrected chi connectivity index (χ1v) is 5.58. The molecule has 18 heavy (non-hydrogen) atoms. The molecule has 1 atom stereocenters. The minimum atomic E-state index is -4.42. The highest BCUT2D eigenvalue weighted by Crippen LogP contribution is 2.33. The van der Waals surface area contributed by atoms with Crippen LogP contribution in [0.1, 0.15) is 36.4 Å². The van der Waals surface area contributed by atoms with Crippen molar-refractivity contribution >= 4 is 12.4 Å². The number of halogens is 5. The standard InChI is InChI=1S/C12H13F4N.ClH/c13-10-5-4-8(12(14,15)16)7-9(10)11-3-1-2-6-17-11;/h4-5,7,11,17H,1-3,6H2;1H/t11-;/m1./s1. The maximum atomic E-state index is 13.5. The molecule has 0 radical (unpaired) electrons. The number of hydrogen-bond donors (Lipinski definition) is 1. The lowest BCUT2D eigenvalue weighted by Gasteiger charge is -2.24. The van der Waals surface area contributed by atoms with Gasteiger partial charge in [0, 0.05) is 11.6 Å². The molecule has 1 heterocycles. The third kappa shape index (κ3) is 3.36. The van der Waals surface area contributed by atoms with Crippen molar-refractivity contribution in [1.29, 1.82) is 0 Å². The summed E-state index contributed by atoms with van der Waals surface area (Å²) in [5, 5.41) is 3.05. The second-order valence-electron chi connectivity index (χ2n) is 4.24. The molecule has 1 saturated heterocycles. The molecule has 1 aliphatic heterocycles. The number of alkyl halides is 3. The highest BCUT2D eigenvalue weighted by Gasteiger charge is 2.32. The quantitative estimate of drug-likeness (QED) is 0.766. The van der Waals surface area contributed by atoms with E-state index < -0.39 is 17.6 Å². The Balaban J connectivity index is 0.00000162. The van der Waals surface area contributed by atoms with Crippen molar-refractivity contribution in [2.75, 3.05) is 6.54 Å². The van der Waals surface area contributed by atoms with E-state index in [4.69, 9.17) is 0 Å². The molecule has 0 saturated carbocycles. The van der Waals surface area contributed by atoms with Crippen LogP contribution in [0.15, 0.2) is 18.2 Å². The van der Waals surface area contributed by atoms with Crippen LogP contribution in [0.3, 0.4) is 0 Å². The van der Waals surface area contributed by atoms with Crippen LogP contribution in [0.2, 0.25) is 0 Å². The van der Waals surface area contributed by atoms with E-state index in [-0.39, 0.29) is 24.0 Å². The van der Waals surface area contributed by atoms with Gasteiger partial charge in [0.1, 0.15) is 5.82 Å². The van der Waals surface area contributed by atoms with Crippen LogP contribution in [-0.4, -0.2) is 6.54 Å². The van der Waals surface area contributed by atoms with Gasteiger partial charge in [-0.2, -0.15) is 13.2 Å². The Morgan fingerprint density at radius 2 is 1.89 bits per heavy atom. The second-order valence-corrected chi connectivity index (χ2v) is 4.24. The number of rotatable bonds is 1. The third-order valence-electron chi connectivity index (χ3n) is 3.01. The van der Waals surface area contributed by atoms with Gasteiger partial charge in [-0.25, -0.2) is 4.39 Å². The maximum Gasteiger partial charge on any atom is 0.416 e. The lowest BCUT2D eigenvalue weighted by Crippen LogP contribution is -2.27. The molecule has 6 heteroatoms. The van der Waals surface area contributed by atoms with E-state index in [1.807, 2.05) is 0 Å². The minimum Gasteiger partial charge on any atom is -0.310 e. The van der Waals surface area contributed by atoms with Gasteiger partial charge in [0.2, 0.25) is 0 Å². The molecular formula is C12H14ClF4N. The van der Waals surface area contributed by atoms with Crippen LogP contribution < -0.4 is 5.32 Å². The molecule has 1 N–H and O–H groups in total. The molecule has 0 bridgehead atoms. The van der Waals surface area contributed by atoms with Crippen molar-refractivity contribution in [3.05, 3.63) is 35.1 Å². The Labute approximate surface area is 109 Å². The normalized spacial score (nSPS) is 20.3. The SMILES string of the molecule is Cl.Fc1ccc(C(F)(F)F)cc1[C@H]1CCCCN1. The van der Waals surface area contributed by atoms with Gasteiger partial charge in [-0.05, 0) is 37.6 Å². The lowest BCUT2D eigenvalue weighted by molar-refractivity contribution is -0.137. The van der Waals surface area contributed by atoms with E-state index in [1.165, 1.54) is 0 Å². The molecule has 1 fully saturated rings. The van der Waals surface area contributed by atoms with Crippen molar-refractivity contribution in [1.82, 2.24) is 5.32 Å². The summed E-state index contributed by atoms with van der Waals surface area (Å²) in [7, 11) is 0. The third-order valence-corrected chi connectivity index (χ3v) is 3.01. The first-order chi connectivity index (χ1) is 7.98. The molecule has 0 aliphatic carbocycles. The topological polar surface area (TPSA) is 12.0 Å². The van der Waals surface area contributed by atoms with E-state index in [9.17, 15) is 17.6 Å². The Morgan fingerprint density at radius 3 is 2.44 bits per heavy atom. The Morgan fingerprint density at radius 1 is 1.17 bits per heavy atom. The number of hydrogen-bond acceptors (Lipinski definition) is 1. The summed E-state index contributed by atoms with van der Waals surface area (Å²) in [6, 6.07) is 2.29. The Hall–Kier alpha value is -0.810. The molecule has 0 aromatic heterocycles. The van der Waals surface area contributed by atoms with E-state index in [0.29, 0.717) is 6.42 Å². The number of benzene rings is 1. The van der Waals surface area contributed by atoms with Gasteiger partial charge < -0.3 is 5.32 Å². The Kier molecular flexibility index (Phi) is 4.99. The zero-order chi connectivity index (χ0) is 12.5. The van der Waals surface area contributed by atoms with Crippen molar-refractivity contribution < 1.29 is 17.6 Å². The molecule has 1 aliphatic rings. The molecule has 2 rings (SSSR count). The minimum absolute atomic E-state index is 0. The zero-order valence-corrected chi connectivity index (χ0v) is 10.4. The zero-order valence-electron chi connectivity index (χ0n) is 9.56. The van der Waals surface area contributed by atoms with Crippen molar-refractivity contribution in [3.8, 4) is 0 Å². The predicted molar refractivity (Wildman–Crippen MR) is 63.2 cm³/mol. The van der Waals surface area contributed by atoms with Crippen LogP contribution in [0.25, 0.3) is 0 Å². The molecule has 0 spiro atoms. The van der Waals surface area contributed by atoms with Gasteiger partial charge in [-0.15, -0.1) is 12.4 Å². The van der Waals surface area contributed by atoms with Crippen LogP contribution in [0.4, 0.5) is 17.6 Å². The summed E-state index contributed by atoms with van der Waals surface area (Å²) in [4.78, 5) is 0. The molecule has 1 aromatic carbocycles. The van der Waals surface area contributed by atoms with Gasteiger partial charge in [0.05, 0.1) is 5.56 Å². The van der Waals surface area contributed by atoms with Crippen molar-refractivity contribution in [3.63, 3.8) is 0 Å². The fourth-order valence-corrected chi connectivity index (χ4v) is 2.10. The average Bonchev–Trinajstić information content (AvgIpc) is 2.29. The predicted octanol–water partition coefficient (Wildman–Crippen LogP) is 4.08. The van der Waals surface area contributed by atoms with E-state index in [2.05, 4.69) is 5.32 Å². The molecule has 0 unspecified atom stereocenters. The first kappa shape index (κ1) is 15.2. The molecular weight excluding hydrogens is 270 g/mol. The number of piperidine rings is 1. The maximum absolute atomic E-state index is 13.5. The van der Waals surface area contributed by atoms with Gasteiger partial charge in [0.25, 0.3) is 0 Å². The van der Waals surface area contributed by atoms with E-state index in [1.54, 1.807) is 0 Å². The summed E-state index contributed by atoms with van der Waals surface area (Å²) in [5.74, 6) is -0.572. The summed E-state index contributed by atoms with van der Waals surface area (Å²) in [6.07, 6.45) is -1.85. The summed E-state index contributed by atoms with van der Waals surface area (Å²) in [6.45, 7) is 0.723. The van der Waals surface area contributed by atoms with Gasteiger partial charge in [-0.1, -0.05) is 6.42 Å². The van der Waals surface area contributed by atoms with Gasteiger partial charge in [0.15, 0.2) is 0 Å². The molecule has 1 aromatic rings. The van der Waals surface area contributed by atoms with Crippen LogP contribution in [0, 0.1) is 5.82 Å². The van der Waals surface area contributed by atoms with Crippen LogP contribution in [-0.2, 0) is 6.18 Å². The van der Waals surface area contributed by atoms with Crippen LogP contribution >= 0.6 is 12.4 Å². The second kappa shape index (κ2) is 5.89. The first-order valence-electron chi connectivity index (χ1n) is 5.58. The van der Waals surface area contributed by atoms with Crippen LogP contribution in [0.5, 0.6) is 0 Å². The summed E-state index contributed by atoms with van der Waals surface area (Å²) < 4.78 is 51.1. The van der Waals surface area contributed by atoms with Crippen molar-refractivity contribution in [2.24, 2.45) is 0 Å². The smallest absolute Gasteiger partial charge is 0.310 e. The van der Waals surface area contributed by atoms with Gasteiger partial charge >= 0.3 is 6.18 Å². The molecule has 102 valence electrons. The fraction of sp³-hybridized carbons (Fsp3) is 0.500. The highest BCUT2D eigenvalue weighted by atomic mass is 35.5. The van der Waals surface area contributed by atoms with E-state index in [0.717, 1.165) is 37.6 Å². The fourth-order valence-electron chi connectivity index (χ4n) is 2.10. The molecule has 0 amide bonds. The summed E-state index contributed by atoms with van der Waals surface area (Å²) >= 11 is 0. The average molecular weight is 284 g/mol. The number of nitrogens with one attached hydrogen (secondary N) is 1. The van der Waals surface area contributed by atoms with Gasteiger partial charge in [-0.3, -0.25) is 0 Å². The lowest BCUT2D eigenvalue weighted by atomic mass is 9.95. The van der Waals surface area contributed by atoms with Crippen molar-refractivity contribution in [2.45, 2.75) is 31.5 Å². The van der Waals surface area contributed by atoms with E-state index >= 15 is 0 Å². The highest BCUT2D eigenvalue weighted by molar-refractivity contribution is 5.85. The largest absolute Gasteiger partial charge is 0.416 e. The molecule has 1 nitrogen and oxygen atoms in total. The monoisotopic (exact) mass is 283 g/mol. The Bertz CT molecular complexity index is 400. The summed E-state index contributed by atoms with van der Waals surface area (Å²) in [5.41, 5.74) is -0.666.